The molecule has 4 heterocycles. The zero-order valence-electron chi connectivity index (χ0n) is 16.6. The quantitative estimate of drug-likeness (QED) is 0.434. The molecular weight excluding hydrogens is 366 g/mol. The van der Waals surface area contributed by atoms with Crippen LogP contribution < -0.4 is 16.8 Å². The summed E-state index contributed by atoms with van der Waals surface area (Å²) in [7, 11) is 0. The summed E-state index contributed by atoms with van der Waals surface area (Å²) >= 11 is 0. The molecule has 0 saturated carbocycles. The molecule has 2 bridgehead atoms. The van der Waals surface area contributed by atoms with E-state index < -0.39 is 0 Å². The van der Waals surface area contributed by atoms with Gasteiger partial charge in [-0.15, -0.1) is 0 Å². The van der Waals surface area contributed by atoms with Crippen molar-refractivity contribution in [2.45, 2.75) is 57.2 Å². The van der Waals surface area contributed by atoms with Gasteiger partial charge in [-0.05, 0) is 44.7 Å². The fraction of sp³-hybridized carbons (Fsp3) is 0.500. The molecule has 9 nitrogen and oxygen atoms in total. The minimum absolute atomic E-state index is 0.269. The molecule has 4 rings (SSSR count). The molecule has 0 aliphatic carbocycles. The Kier molecular flexibility index (Phi) is 5.36. The van der Waals surface area contributed by atoms with Crippen molar-refractivity contribution >= 4 is 28.6 Å². The van der Waals surface area contributed by atoms with Crippen LogP contribution in [0.5, 0.6) is 0 Å². The van der Waals surface area contributed by atoms with Crippen molar-refractivity contribution in [2.75, 3.05) is 11.9 Å². The van der Waals surface area contributed by atoms with Crippen LogP contribution in [0.2, 0.25) is 0 Å². The van der Waals surface area contributed by atoms with Gasteiger partial charge in [-0.25, -0.2) is 0 Å². The highest BCUT2D eigenvalue weighted by Gasteiger charge is 2.40. The highest BCUT2D eigenvalue weighted by Crippen LogP contribution is 2.37. The number of aliphatic imine (C=N–C) groups is 1. The lowest BCUT2D eigenvalue weighted by molar-refractivity contribution is 0.136. The first-order valence-electron chi connectivity index (χ1n) is 10.1. The van der Waals surface area contributed by atoms with Crippen LogP contribution in [-0.2, 0) is 0 Å². The van der Waals surface area contributed by atoms with Crippen molar-refractivity contribution in [2.24, 2.45) is 16.5 Å². The van der Waals surface area contributed by atoms with E-state index in [-0.39, 0.29) is 5.84 Å². The molecule has 6 N–H and O–H groups in total. The van der Waals surface area contributed by atoms with Crippen molar-refractivity contribution in [3.8, 4) is 6.07 Å². The summed E-state index contributed by atoms with van der Waals surface area (Å²) in [6, 6.07) is 5.65. The van der Waals surface area contributed by atoms with E-state index >= 15 is 0 Å². The summed E-state index contributed by atoms with van der Waals surface area (Å²) in [5.41, 5.74) is 12.9. The number of aromatic nitrogens is 3. The van der Waals surface area contributed by atoms with Crippen LogP contribution in [0.1, 0.15) is 39.0 Å². The van der Waals surface area contributed by atoms with Gasteiger partial charge in [0, 0.05) is 43.0 Å². The van der Waals surface area contributed by atoms with Gasteiger partial charge in [-0.2, -0.15) is 20.2 Å². The predicted molar refractivity (Wildman–Crippen MR) is 114 cm³/mol. The van der Waals surface area contributed by atoms with E-state index in [2.05, 4.69) is 36.2 Å². The first kappa shape index (κ1) is 19.2. The lowest BCUT2D eigenvalue weighted by atomic mass is 9.97. The van der Waals surface area contributed by atoms with Gasteiger partial charge in [0.15, 0.2) is 0 Å². The maximum absolute atomic E-state index is 8.92. The van der Waals surface area contributed by atoms with Crippen molar-refractivity contribution in [3.63, 3.8) is 0 Å². The molecule has 2 saturated heterocycles. The molecule has 2 aromatic heterocycles. The normalized spacial score (nSPS) is 25.3. The highest BCUT2D eigenvalue weighted by atomic mass is 15.2. The number of rotatable bonds is 6. The highest BCUT2D eigenvalue weighted by molar-refractivity contribution is 5.94. The Labute approximate surface area is 169 Å². The Morgan fingerprint density at radius 2 is 2.14 bits per heavy atom. The number of aromatic amines is 1. The van der Waals surface area contributed by atoms with E-state index in [9.17, 15) is 0 Å². The SMILES string of the molecule is C/C(N)=C/C(N)=Nc1nc(NC2C[C@H]3CC[C@@H](C2)N3CCC#N)c2cc[nH]c2n1. The van der Waals surface area contributed by atoms with Crippen molar-refractivity contribution in [1.82, 2.24) is 19.9 Å². The zero-order valence-corrected chi connectivity index (χ0v) is 16.6. The Morgan fingerprint density at radius 3 is 2.83 bits per heavy atom. The van der Waals surface area contributed by atoms with E-state index in [0.29, 0.717) is 36.2 Å². The third-order valence-corrected chi connectivity index (χ3v) is 5.72. The zero-order chi connectivity index (χ0) is 20.4. The van der Waals surface area contributed by atoms with Crippen LogP contribution in [0, 0.1) is 11.3 Å². The summed E-state index contributed by atoms with van der Waals surface area (Å²) in [4.78, 5) is 19.0. The van der Waals surface area contributed by atoms with E-state index in [4.69, 9.17) is 16.7 Å². The van der Waals surface area contributed by atoms with Gasteiger partial charge in [0.05, 0.1) is 11.5 Å². The van der Waals surface area contributed by atoms with Gasteiger partial charge >= 0.3 is 0 Å². The van der Waals surface area contributed by atoms with Gasteiger partial charge in [-0.3, -0.25) is 4.90 Å². The number of anilines is 1. The topological polar surface area (TPSA) is 145 Å². The fourth-order valence-electron chi connectivity index (χ4n) is 4.60. The van der Waals surface area contributed by atoms with Crippen LogP contribution in [0.4, 0.5) is 11.8 Å². The first-order valence-corrected chi connectivity index (χ1v) is 10.1. The van der Waals surface area contributed by atoms with Gasteiger partial charge in [0.1, 0.15) is 17.3 Å². The minimum atomic E-state index is 0.269. The van der Waals surface area contributed by atoms with Gasteiger partial charge < -0.3 is 21.8 Å². The molecule has 152 valence electrons. The number of amidine groups is 1. The number of nitrogens with zero attached hydrogens (tertiary/aromatic N) is 5. The Bertz CT molecular complexity index is 965. The maximum Gasteiger partial charge on any atom is 0.255 e. The number of piperidine rings is 1. The van der Waals surface area contributed by atoms with Crippen molar-refractivity contribution in [1.29, 1.82) is 5.26 Å². The van der Waals surface area contributed by atoms with Gasteiger partial charge in [0.2, 0.25) is 0 Å². The molecule has 9 heteroatoms. The Morgan fingerprint density at radius 1 is 1.38 bits per heavy atom. The molecule has 0 amide bonds. The molecule has 0 radical (unpaired) electrons. The van der Waals surface area contributed by atoms with Crippen LogP contribution in [0.25, 0.3) is 11.0 Å². The van der Waals surface area contributed by atoms with E-state index in [0.717, 1.165) is 36.2 Å². The summed E-state index contributed by atoms with van der Waals surface area (Å²) < 4.78 is 0. The number of nitriles is 1. The Hall–Kier alpha value is -3.12. The molecule has 0 spiro atoms. The van der Waals surface area contributed by atoms with Gasteiger partial charge in [-0.1, -0.05) is 0 Å². The van der Waals surface area contributed by atoms with E-state index in [1.165, 1.54) is 12.8 Å². The number of hydrogen-bond donors (Lipinski definition) is 4. The predicted octanol–water partition coefficient (Wildman–Crippen LogP) is 2.13. The third-order valence-electron chi connectivity index (χ3n) is 5.72. The second-order valence-electron chi connectivity index (χ2n) is 7.88. The standard InChI is InChI=1S/C20H27N9/c1-12(22)9-17(23)26-20-27-18-16(5-7-24-18)19(28-20)25-13-10-14-3-4-15(11-13)29(14)8-2-6-21/h5,7,9,13-15H,2-4,8,10-11,22H2,1H3,(H4,23,24,25,26,27,28)/b12-9-/t13?,14-,15+. The smallest absolute Gasteiger partial charge is 0.255 e. The molecule has 3 atom stereocenters. The van der Waals surface area contributed by atoms with Crippen LogP contribution in [0.15, 0.2) is 29.0 Å². The van der Waals surface area contributed by atoms with E-state index in [1.807, 2.05) is 12.3 Å². The number of H-pyrrole nitrogens is 1. The molecule has 2 aliphatic heterocycles. The third kappa shape index (κ3) is 4.17. The van der Waals surface area contributed by atoms with Crippen LogP contribution >= 0.6 is 0 Å². The lowest BCUT2D eigenvalue weighted by Crippen LogP contribution is -2.47. The molecule has 2 fully saturated rings. The summed E-state index contributed by atoms with van der Waals surface area (Å²) in [6.07, 6.45) is 8.54. The summed E-state index contributed by atoms with van der Waals surface area (Å²) in [5, 5.41) is 13.5. The monoisotopic (exact) mass is 393 g/mol. The number of fused-ring (bicyclic) bond motifs is 3. The van der Waals surface area contributed by atoms with Crippen molar-refractivity contribution < 1.29 is 0 Å². The summed E-state index contributed by atoms with van der Waals surface area (Å²) in [6.45, 7) is 2.63. The first-order chi connectivity index (χ1) is 14.0. The van der Waals surface area contributed by atoms with E-state index in [1.54, 1.807) is 13.0 Å². The number of nitrogens with one attached hydrogen (secondary N) is 2. The number of allylic oxidation sites excluding steroid dienone is 1. The number of hydrogen-bond acceptors (Lipinski definition) is 7. The molecular formula is C20H27N9. The second kappa shape index (κ2) is 8.09. The maximum atomic E-state index is 8.92. The number of nitrogens with two attached hydrogens (primary N) is 2. The largest absolute Gasteiger partial charge is 0.402 e. The lowest BCUT2D eigenvalue weighted by Gasteiger charge is -2.39. The second-order valence-corrected chi connectivity index (χ2v) is 7.88. The molecule has 2 aromatic rings. The average Bonchev–Trinajstić information content (AvgIpc) is 3.21. The fourth-order valence-corrected chi connectivity index (χ4v) is 4.60. The molecule has 1 unspecified atom stereocenters. The average molecular weight is 393 g/mol. The van der Waals surface area contributed by atoms with Crippen LogP contribution in [0.3, 0.4) is 0 Å². The molecule has 2 aliphatic rings. The van der Waals surface area contributed by atoms with Crippen molar-refractivity contribution in [3.05, 3.63) is 24.0 Å². The minimum Gasteiger partial charge on any atom is -0.402 e. The summed E-state index contributed by atoms with van der Waals surface area (Å²) in [5.74, 6) is 1.34. The molecule has 29 heavy (non-hydrogen) atoms. The van der Waals surface area contributed by atoms with Crippen LogP contribution in [-0.4, -0.2) is 50.4 Å². The molecule has 0 aromatic carbocycles. The Balaban J connectivity index is 1.55. The van der Waals surface area contributed by atoms with Gasteiger partial charge in [0.25, 0.3) is 5.95 Å².